The van der Waals surface area contributed by atoms with Crippen molar-refractivity contribution in [2.75, 3.05) is 24.6 Å². The van der Waals surface area contributed by atoms with Gasteiger partial charge in [-0.15, -0.1) is 0 Å². The maximum absolute atomic E-state index is 8.92. The summed E-state index contributed by atoms with van der Waals surface area (Å²) in [4.78, 5) is 2.49. The first-order valence-electron chi connectivity index (χ1n) is 6.26. The molecule has 2 heteroatoms. The minimum Gasteiger partial charge on any atom is -0.396 e. The Bertz CT molecular complexity index is 343. The number of rotatable bonds is 3. The molecule has 1 fully saturated rings. The molecule has 2 rings (SSSR count). The number of benzene rings is 1. The number of piperidine rings is 1. The Morgan fingerprint density at radius 3 is 2.56 bits per heavy atom. The fraction of sp³-hybridized carbons (Fsp3) is 0.571. The van der Waals surface area contributed by atoms with E-state index >= 15 is 0 Å². The lowest BCUT2D eigenvalue weighted by Crippen LogP contribution is -2.29. The van der Waals surface area contributed by atoms with Crippen LogP contribution in [0.15, 0.2) is 18.2 Å². The molecular formula is C14H21NO. The van der Waals surface area contributed by atoms with Gasteiger partial charge in [0.1, 0.15) is 0 Å². The van der Waals surface area contributed by atoms with Crippen LogP contribution in [-0.2, 0) is 6.42 Å². The summed E-state index contributed by atoms with van der Waals surface area (Å²) in [5.74, 6) is 0. The lowest BCUT2D eigenvalue weighted by Gasteiger charge is -2.30. The highest BCUT2D eigenvalue weighted by atomic mass is 16.2. The van der Waals surface area contributed by atoms with Crippen LogP contribution in [0.25, 0.3) is 0 Å². The molecule has 0 radical (unpaired) electrons. The number of nitrogens with zero attached hydrogens (tertiary/aromatic N) is 1. The minimum absolute atomic E-state index is 0.239. The van der Waals surface area contributed by atoms with Crippen LogP contribution in [0.1, 0.15) is 30.4 Å². The second kappa shape index (κ2) is 5.35. The lowest BCUT2D eigenvalue weighted by molar-refractivity contribution is 0.299. The molecule has 0 aromatic heterocycles. The van der Waals surface area contributed by atoms with Crippen molar-refractivity contribution in [1.82, 2.24) is 0 Å². The number of aliphatic hydroxyl groups excluding tert-OH is 1. The minimum atomic E-state index is 0.239. The van der Waals surface area contributed by atoms with E-state index in [2.05, 4.69) is 30.0 Å². The van der Waals surface area contributed by atoms with E-state index in [1.54, 1.807) is 0 Å². The fourth-order valence-corrected chi connectivity index (χ4v) is 2.49. The van der Waals surface area contributed by atoms with Crippen molar-refractivity contribution >= 4 is 5.69 Å². The first-order valence-corrected chi connectivity index (χ1v) is 6.26. The van der Waals surface area contributed by atoms with E-state index in [0.29, 0.717) is 0 Å². The van der Waals surface area contributed by atoms with Crippen molar-refractivity contribution in [2.45, 2.75) is 32.6 Å². The van der Waals surface area contributed by atoms with Crippen LogP contribution in [0.4, 0.5) is 5.69 Å². The van der Waals surface area contributed by atoms with Gasteiger partial charge in [0, 0.05) is 25.4 Å². The van der Waals surface area contributed by atoms with Crippen molar-refractivity contribution in [2.24, 2.45) is 0 Å². The Kier molecular flexibility index (Phi) is 3.83. The third kappa shape index (κ3) is 2.56. The van der Waals surface area contributed by atoms with Gasteiger partial charge in [-0.1, -0.05) is 12.1 Å². The summed E-state index contributed by atoms with van der Waals surface area (Å²) in [6.45, 7) is 4.80. The molecule has 1 aliphatic heterocycles. The van der Waals surface area contributed by atoms with Crippen LogP contribution in [0.3, 0.4) is 0 Å². The quantitative estimate of drug-likeness (QED) is 0.844. The van der Waals surface area contributed by atoms with Crippen LogP contribution in [-0.4, -0.2) is 24.8 Å². The monoisotopic (exact) mass is 219 g/mol. The average molecular weight is 219 g/mol. The maximum atomic E-state index is 8.92. The Morgan fingerprint density at radius 1 is 1.19 bits per heavy atom. The first-order chi connectivity index (χ1) is 7.81. The molecule has 0 unspecified atom stereocenters. The molecule has 16 heavy (non-hydrogen) atoms. The number of aliphatic hydroxyl groups is 1. The molecule has 0 saturated carbocycles. The van der Waals surface area contributed by atoms with Crippen LogP contribution in [0, 0.1) is 6.92 Å². The zero-order valence-electron chi connectivity index (χ0n) is 10.1. The Balaban J connectivity index is 2.14. The van der Waals surface area contributed by atoms with Gasteiger partial charge in [0.2, 0.25) is 0 Å². The molecule has 0 atom stereocenters. The average Bonchev–Trinajstić information content (AvgIpc) is 2.31. The maximum Gasteiger partial charge on any atom is 0.0471 e. The van der Waals surface area contributed by atoms with Crippen LogP contribution >= 0.6 is 0 Å². The molecule has 1 saturated heterocycles. The Morgan fingerprint density at radius 2 is 1.94 bits per heavy atom. The van der Waals surface area contributed by atoms with Gasteiger partial charge in [-0.25, -0.2) is 0 Å². The number of aryl methyl sites for hydroxylation is 1. The third-order valence-corrected chi connectivity index (χ3v) is 3.36. The number of hydrogen-bond donors (Lipinski definition) is 1. The van der Waals surface area contributed by atoms with E-state index < -0.39 is 0 Å². The summed E-state index contributed by atoms with van der Waals surface area (Å²) in [6, 6.07) is 6.57. The smallest absolute Gasteiger partial charge is 0.0471 e. The predicted octanol–water partition coefficient (Wildman–Crippen LogP) is 2.52. The van der Waals surface area contributed by atoms with E-state index in [-0.39, 0.29) is 6.61 Å². The molecule has 0 spiro atoms. The van der Waals surface area contributed by atoms with Gasteiger partial charge in [-0.2, -0.15) is 0 Å². The number of hydrogen-bond acceptors (Lipinski definition) is 2. The van der Waals surface area contributed by atoms with Crippen molar-refractivity contribution in [3.8, 4) is 0 Å². The van der Waals surface area contributed by atoms with Crippen molar-refractivity contribution in [1.29, 1.82) is 0 Å². The summed E-state index contributed by atoms with van der Waals surface area (Å²) >= 11 is 0. The fourth-order valence-electron chi connectivity index (χ4n) is 2.49. The molecular weight excluding hydrogens is 198 g/mol. The van der Waals surface area contributed by atoms with Crippen LogP contribution in [0.5, 0.6) is 0 Å². The normalized spacial score (nSPS) is 16.5. The highest BCUT2D eigenvalue weighted by Crippen LogP contribution is 2.24. The summed E-state index contributed by atoms with van der Waals surface area (Å²) in [5.41, 5.74) is 3.95. The van der Waals surface area contributed by atoms with E-state index in [1.807, 2.05) is 0 Å². The predicted molar refractivity (Wildman–Crippen MR) is 68.0 cm³/mol. The zero-order valence-corrected chi connectivity index (χ0v) is 10.1. The summed E-state index contributed by atoms with van der Waals surface area (Å²) in [6.07, 6.45) is 4.77. The second-order valence-electron chi connectivity index (χ2n) is 4.64. The van der Waals surface area contributed by atoms with E-state index in [9.17, 15) is 0 Å². The summed E-state index contributed by atoms with van der Waals surface area (Å²) in [5, 5.41) is 8.92. The summed E-state index contributed by atoms with van der Waals surface area (Å²) < 4.78 is 0. The highest BCUT2D eigenvalue weighted by Gasteiger charge is 2.12. The first kappa shape index (κ1) is 11.5. The van der Waals surface area contributed by atoms with E-state index in [4.69, 9.17) is 5.11 Å². The molecule has 1 aromatic carbocycles. The lowest BCUT2D eigenvalue weighted by atomic mass is 10.0. The highest BCUT2D eigenvalue weighted by molar-refractivity contribution is 5.54. The SMILES string of the molecule is Cc1cc(CCO)ccc1N1CCCCC1. The van der Waals surface area contributed by atoms with Crippen molar-refractivity contribution in [3.05, 3.63) is 29.3 Å². The molecule has 2 nitrogen and oxygen atoms in total. The van der Waals surface area contributed by atoms with Gasteiger partial charge in [0.15, 0.2) is 0 Å². The van der Waals surface area contributed by atoms with E-state index in [1.165, 1.54) is 49.2 Å². The van der Waals surface area contributed by atoms with Gasteiger partial charge in [-0.3, -0.25) is 0 Å². The molecule has 88 valence electrons. The topological polar surface area (TPSA) is 23.5 Å². The van der Waals surface area contributed by atoms with E-state index in [0.717, 1.165) is 6.42 Å². The van der Waals surface area contributed by atoms with Gasteiger partial charge >= 0.3 is 0 Å². The number of anilines is 1. The molecule has 1 aliphatic rings. The van der Waals surface area contributed by atoms with Gasteiger partial charge in [0.05, 0.1) is 0 Å². The van der Waals surface area contributed by atoms with Gasteiger partial charge in [-0.05, 0) is 49.8 Å². The van der Waals surface area contributed by atoms with Crippen LogP contribution in [0.2, 0.25) is 0 Å². The standard InChI is InChI=1S/C14H21NO/c1-12-11-13(7-10-16)5-6-14(12)15-8-3-2-4-9-15/h5-6,11,16H,2-4,7-10H2,1H3. The van der Waals surface area contributed by atoms with Crippen molar-refractivity contribution < 1.29 is 5.11 Å². The second-order valence-corrected chi connectivity index (χ2v) is 4.64. The molecule has 0 aliphatic carbocycles. The molecule has 0 bridgehead atoms. The Labute approximate surface area is 97.9 Å². The molecule has 1 N–H and O–H groups in total. The Hall–Kier alpha value is -1.02. The molecule has 1 aromatic rings. The molecule has 1 heterocycles. The van der Waals surface area contributed by atoms with Crippen LogP contribution < -0.4 is 4.90 Å². The van der Waals surface area contributed by atoms with Crippen molar-refractivity contribution in [3.63, 3.8) is 0 Å². The largest absolute Gasteiger partial charge is 0.396 e. The summed E-state index contributed by atoms with van der Waals surface area (Å²) in [7, 11) is 0. The van der Waals surface area contributed by atoms with Gasteiger partial charge < -0.3 is 10.0 Å². The third-order valence-electron chi connectivity index (χ3n) is 3.36. The zero-order chi connectivity index (χ0) is 11.4. The van der Waals surface area contributed by atoms with Gasteiger partial charge in [0.25, 0.3) is 0 Å². The molecule has 0 amide bonds.